The lowest BCUT2D eigenvalue weighted by atomic mass is 10.1. The summed E-state index contributed by atoms with van der Waals surface area (Å²) in [4.78, 5) is 0. The van der Waals surface area contributed by atoms with Gasteiger partial charge in [0.25, 0.3) is 0 Å². The number of aromatic nitrogens is 2. The highest BCUT2D eigenvalue weighted by molar-refractivity contribution is 5.27. The van der Waals surface area contributed by atoms with Gasteiger partial charge in [0.05, 0.1) is 5.69 Å². The summed E-state index contributed by atoms with van der Waals surface area (Å²) < 4.78 is 1.98. The van der Waals surface area contributed by atoms with Crippen LogP contribution < -0.4 is 5.32 Å². The lowest BCUT2D eigenvalue weighted by Crippen LogP contribution is -2.29. The van der Waals surface area contributed by atoms with Gasteiger partial charge in [0.1, 0.15) is 0 Å². The van der Waals surface area contributed by atoms with Gasteiger partial charge < -0.3 is 5.32 Å². The lowest BCUT2D eigenvalue weighted by Gasteiger charge is -2.19. The third-order valence-corrected chi connectivity index (χ3v) is 3.84. The van der Waals surface area contributed by atoms with Gasteiger partial charge >= 0.3 is 0 Å². The summed E-state index contributed by atoms with van der Waals surface area (Å²) in [5.41, 5.74) is 3.84. The lowest BCUT2D eigenvalue weighted by molar-refractivity contribution is 0.459. The van der Waals surface area contributed by atoms with E-state index in [1.54, 1.807) is 0 Å². The molecule has 1 heterocycles. The zero-order chi connectivity index (χ0) is 11.7. The first-order chi connectivity index (χ1) is 7.59. The number of nitrogens with one attached hydrogen (secondary N) is 1. The van der Waals surface area contributed by atoms with E-state index >= 15 is 0 Å². The highest BCUT2D eigenvalue weighted by Crippen LogP contribution is 2.25. The zero-order valence-corrected chi connectivity index (χ0v) is 10.9. The van der Waals surface area contributed by atoms with Gasteiger partial charge in [-0.3, -0.25) is 4.68 Å². The Morgan fingerprint density at radius 1 is 1.31 bits per heavy atom. The molecule has 90 valence electrons. The Bertz CT molecular complexity index is 361. The van der Waals surface area contributed by atoms with Crippen molar-refractivity contribution in [2.24, 2.45) is 7.05 Å². The van der Waals surface area contributed by atoms with E-state index in [4.69, 9.17) is 0 Å². The molecule has 1 aliphatic carbocycles. The van der Waals surface area contributed by atoms with Gasteiger partial charge in [-0.15, -0.1) is 0 Å². The molecule has 16 heavy (non-hydrogen) atoms. The number of hydrogen-bond donors (Lipinski definition) is 1. The molecule has 2 rings (SSSR count). The summed E-state index contributed by atoms with van der Waals surface area (Å²) in [6, 6.07) is 1.14. The maximum absolute atomic E-state index is 4.48. The van der Waals surface area contributed by atoms with Gasteiger partial charge in [-0.1, -0.05) is 12.8 Å². The molecule has 0 saturated heterocycles. The maximum atomic E-state index is 4.48. The SMILES string of the molecule is Cc1nn(C)c(C)c1C(C)NC1CCCC1. The summed E-state index contributed by atoms with van der Waals surface area (Å²) in [5, 5.41) is 8.22. The molecule has 1 aromatic heterocycles. The van der Waals surface area contributed by atoms with Crippen molar-refractivity contribution in [3.05, 3.63) is 17.0 Å². The van der Waals surface area contributed by atoms with Gasteiger partial charge in [0.15, 0.2) is 0 Å². The molecule has 1 aliphatic rings. The summed E-state index contributed by atoms with van der Waals surface area (Å²) in [5.74, 6) is 0. The average Bonchev–Trinajstić information content (AvgIpc) is 2.77. The summed E-state index contributed by atoms with van der Waals surface area (Å²) in [6.07, 6.45) is 5.44. The summed E-state index contributed by atoms with van der Waals surface area (Å²) in [7, 11) is 2.02. The Hall–Kier alpha value is -0.830. The summed E-state index contributed by atoms with van der Waals surface area (Å²) in [6.45, 7) is 6.52. The molecule has 0 amide bonds. The van der Waals surface area contributed by atoms with Crippen LogP contribution in [-0.2, 0) is 7.05 Å². The Balaban J connectivity index is 2.10. The largest absolute Gasteiger partial charge is 0.307 e. The molecule has 1 atom stereocenters. The molecular weight excluding hydrogens is 198 g/mol. The molecule has 1 aromatic rings. The maximum Gasteiger partial charge on any atom is 0.0644 e. The van der Waals surface area contributed by atoms with Crippen LogP contribution in [-0.4, -0.2) is 15.8 Å². The monoisotopic (exact) mass is 221 g/mol. The van der Waals surface area contributed by atoms with Gasteiger partial charge in [0, 0.05) is 30.4 Å². The molecule has 1 saturated carbocycles. The van der Waals surface area contributed by atoms with Crippen LogP contribution in [0, 0.1) is 13.8 Å². The second kappa shape index (κ2) is 4.58. The second-order valence-corrected chi connectivity index (χ2v) is 5.08. The molecule has 3 heteroatoms. The van der Waals surface area contributed by atoms with Crippen LogP contribution in [0.1, 0.15) is 55.6 Å². The molecule has 0 aliphatic heterocycles. The minimum absolute atomic E-state index is 0.428. The fourth-order valence-electron chi connectivity index (χ4n) is 2.95. The molecular formula is C13H23N3. The summed E-state index contributed by atoms with van der Waals surface area (Å²) >= 11 is 0. The molecule has 1 unspecified atom stereocenters. The minimum atomic E-state index is 0.428. The standard InChI is InChI=1S/C13H23N3/c1-9(14-12-7-5-6-8-12)13-10(2)15-16(4)11(13)3/h9,12,14H,5-8H2,1-4H3. The van der Waals surface area contributed by atoms with E-state index in [1.165, 1.54) is 36.9 Å². The second-order valence-electron chi connectivity index (χ2n) is 5.08. The first-order valence-corrected chi connectivity index (χ1v) is 6.35. The minimum Gasteiger partial charge on any atom is -0.307 e. The van der Waals surface area contributed by atoms with E-state index in [9.17, 15) is 0 Å². The predicted molar refractivity (Wildman–Crippen MR) is 66.5 cm³/mol. The van der Waals surface area contributed by atoms with E-state index in [-0.39, 0.29) is 0 Å². The average molecular weight is 221 g/mol. The normalized spacial score (nSPS) is 19.2. The van der Waals surface area contributed by atoms with Gasteiger partial charge in [0.2, 0.25) is 0 Å². The Kier molecular flexibility index (Phi) is 3.33. The highest BCUT2D eigenvalue weighted by Gasteiger charge is 2.21. The quantitative estimate of drug-likeness (QED) is 0.850. The van der Waals surface area contributed by atoms with Crippen LogP contribution in [0.15, 0.2) is 0 Å². The van der Waals surface area contributed by atoms with E-state index in [2.05, 4.69) is 31.2 Å². The van der Waals surface area contributed by atoms with E-state index in [1.807, 2.05) is 11.7 Å². The number of hydrogen-bond acceptors (Lipinski definition) is 2. The smallest absolute Gasteiger partial charge is 0.0644 e. The highest BCUT2D eigenvalue weighted by atomic mass is 15.3. The van der Waals surface area contributed by atoms with Crippen LogP contribution >= 0.6 is 0 Å². The number of aryl methyl sites for hydroxylation is 2. The fraction of sp³-hybridized carbons (Fsp3) is 0.769. The van der Waals surface area contributed by atoms with E-state index in [0.717, 1.165) is 5.69 Å². The van der Waals surface area contributed by atoms with Crippen LogP contribution in [0.2, 0.25) is 0 Å². The molecule has 1 N–H and O–H groups in total. The third kappa shape index (κ3) is 2.14. The van der Waals surface area contributed by atoms with Crippen LogP contribution in [0.5, 0.6) is 0 Å². The van der Waals surface area contributed by atoms with Crippen molar-refractivity contribution in [2.75, 3.05) is 0 Å². The fourth-order valence-corrected chi connectivity index (χ4v) is 2.95. The molecule has 1 fully saturated rings. The first-order valence-electron chi connectivity index (χ1n) is 6.35. The van der Waals surface area contributed by atoms with Crippen molar-refractivity contribution in [3.8, 4) is 0 Å². The number of rotatable bonds is 3. The van der Waals surface area contributed by atoms with Crippen molar-refractivity contribution in [3.63, 3.8) is 0 Å². The van der Waals surface area contributed by atoms with Crippen molar-refractivity contribution >= 4 is 0 Å². The first kappa shape index (κ1) is 11.6. The molecule has 0 spiro atoms. The van der Waals surface area contributed by atoms with Crippen molar-refractivity contribution in [1.82, 2.24) is 15.1 Å². The Morgan fingerprint density at radius 3 is 2.44 bits per heavy atom. The van der Waals surface area contributed by atoms with E-state index < -0.39 is 0 Å². The van der Waals surface area contributed by atoms with Crippen molar-refractivity contribution in [2.45, 2.75) is 58.5 Å². The molecule has 0 radical (unpaired) electrons. The van der Waals surface area contributed by atoms with Crippen molar-refractivity contribution in [1.29, 1.82) is 0 Å². The third-order valence-electron chi connectivity index (χ3n) is 3.84. The molecule has 0 aromatic carbocycles. The van der Waals surface area contributed by atoms with Crippen LogP contribution in [0.25, 0.3) is 0 Å². The zero-order valence-electron chi connectivity index (χ0n) is 10.9. The van der Waals surface area contributed by atoms with Gasteiger partial charge in [-0.2, -0.15) is 5.10 Å². The van der Waals surface area contributed by atoms with Crippen molar-refractivity contribution < 1.29 is 0 Å². The van der Waals surface area contributed by atoms with Crippen LogP contribution in [0.3, 0.4) is 0 Å². The van der Waals surface area contributed by atoms with Crippen LogP contribution in [0.4, 0.5) is 0 Å². The Morgan fingerprint density at radius 2 is 1.94 bits per heavy atom. The Labute approximate surface area is 98.2 Å². The van der Waals surface area contributed by atoms with Gasteiger partial charge in [-0.05, 0) is 33.6 Å². The molecule has 3 nitrogen and oxygen atoms in total. The predicted octanol–water partition coefficient (Wildman–Crippen LogP) is 2.63. The van der Waals surface area contributed by atoms with Gasteiger partial charge in [-0.25, -0.2) is 0 Å². The van der Waals surface area contributed by atoms with E-state index in [0.29, 0.717) is 12.1 Å². The topological polar surface area (TPSA) is 29.9 Å². The molecule has 0 bridgehead atoms. The number of nitrogens with zero attached hydrogens (tertiary/aromatic N) is 2.